The molecule has 0 aliphatic carbocycles. The zero-order valence-electron chi connectivity index (χ0n) is 19.3. The highest BCUT2D eigenvalue weighted by Gasteiger charge is 2.30. The van der Waals surface area contributed by atoms with Crippen LogP contribution >= 0.6 is 0 Å². The number of methoxy groups -OCH3 is 1. The summed E-state index contributed by atoms with van der Waals surface area (Å²) >= 11 is 0. The number of phenols is 3. The smallest absolute Gasteiger partial charge is 0.339 e. The van der Waals surface area contributed by atoms with Gasteiger partial charge in [-0.2, -0.15) is 0 Å². The molecule has 7 heteroatoms. The minimum Gasteiger partial charge on any atom is -0.508 e. The molecule has 178 valence electrons. The predicted octanol–water partition coefficient (Wildman–Crippen LogP) is 5.47. The van der Waals surface area contributed by atoms with Crippen molar-refractivity contribution >= 4 is 18.1 Å². The minimum absolute atomic E-state index is 0.0235. The van der Waals surface area contributed by atoms with E-state index in [2.05, 4.69) is 0 Å². The molecule has 0 unspecified atom stereocenters. The van der Waals surface area contributed by atoms with Crippen molar-refractivity contribution in [2.45, 2.75) is 32.3 Å². The number of carboxylic acid groups (broad SMARTS) is 1. The topological polar surface area (TPSA) is 116 Å². The fourth-order valence-electron chi connectivity index (χ4n) is 3.61. The van der Waals surface area contributed by atoms with Crippen molar-refractivity contribution < 1.29 is 34.7 Å². The summed E-state index contributed by atoms with van der Waals surface area (Å²) in [7, 11) is 1.49. The van der Waals surface area contributed by atoms with E-state index in [4.69, 9.17) is 19.7 Å². The fraction of sp³-hybridized carbons (Fsp3) is 0.222. The van der Waals surface area contributed by atoms with Gasteiger partial charge in [0.2, 0.25) is 0 Å². The molecule has 1 heterocycles. The van der Waals surface area contributed by atoms with E-state index in [-0.39, 0.29) is 28.4 Å². The van der Waals surface area contributed by atoms with Crippen LogP contribution in [-0.2, 0) is 6.42 Å². The Morgan fingerprint density at radius 1 is 0.912 bits per heavy atom. The lowest BCUT2D eigenvalue weighted by Gasteiger charge is -2.33. The van der Waals surface area contributed by atoms with Gasteiger partial charge in [-0.05, 0) is 74.2 Å². The van der Waals surface area contributed by atoms with E-state index in [1.807, 2.05) is 19.9 Å². The first-order chi connectivity index (χ1) is 16.1. The van der Waals surface area contributed by atoms with Crippen LogP contribution in [0.25, 0.3) is 12.2 Å². The van der Waals surface area contributed by atoms with Crippen LogP contribution in [0, 0.1) is 0 Å². The third kappa shape index (κ3) is 6.22. The molecule has 0 fully saturated rings. The normalized spacial score (nSPS) is 13.9. The van der Waals surface area contributed by atoms with Crippen LogP contribution in [0.1, 0.15) is 47.3 Å². The molecule has 0 saturated heterocycles. The van der Waals surface area contributed by atoms with E-state index in [1.54, 1.807) is 48.5 Å². The van der Waals surface area contributed by atoms with Gasteiger partial charge in [0.25, 0.3) is 0 Å². The van der Waals surface area contributed by atoms with Crippen molar-refractivity contribution in [1.82, 2.24) is 0 Å². The van der Waals surface area contributed by atoms with Gasteiger partial charge in [0.15, 0.2) is 0 Å². The van der Waals surface area contributed by atoms with Crippen molar-refractivity contribution in [3.63, 3.8) is 0 Å². The number of rotatable bonds is 4. The van der Waals surface area contributed by atoms with Crippen molar-refractivity contribution in [1.29, 1.82) is 0 Å². The van der Waals surface area contributed by atoms with E-state index < -0.39 is 5.97 Å². The zero-order chi connectivity index (χ0) is 24.9. The van der Waals surface area contributed by atoms with Crippen molar-refractivity contribution in [2.24, 2.45) is 0 Å². The lowest BCUT2D eigenvalue weighted by molar-refractivity contribution is 0.0690. The number of aromatic hydroxyl groups is 3. The van der Waals surface area contributed by atoms with Crippen LogP contribution in [0.4, 0.5) is 0 Å². The first kappa shape index (κ1) is 24.5. The molecule has 4 rings (SSSR count). The summed E-state index contributed by atoms with van der Waals surface area (Å²) in [4.78, 5) is 11.1. The fourth-order valence-corrected chi connectivity index (χ4v) is 3.61. The Hall–Kier alpha value is -4.13. The van der Waals surface area contributed by atoms with Gasteiger partial charge >= 0.3 is 5.97 Å². The van der Waals surface area contributed by atoms with Gasteiger partial charge in [-0.1, -0.05) is 24.3 Å². The van der Waals surface area contributed by atoms with E-state index in [1.165, 1.54) is 19.2 Å². The summed E-state index contributed by atoms with van der Waals surface area (Å²) in [6, 6.07) is 14.4. The molecule has 4 N–H and O–H groups in total. The standard InChI is InChI=1S/C14H12O3.C13H16O4/c15-12-5-3-10(4-6-12)1-2-11-7-13(16)9-14(17)8-11;1-13(2)7-6-8-10(17-13)5-4-9(12(14)15)11(8)16-3/h1-9,15-17H;4-5H,6-7H2,1-3H3,(H,14,15). The Morgan fingerprint density at radius 2 is 1.53 bits per heavy atom. The summed E-state index contributed by atoms with van der Waals surface area (Å²) in [6.07, 6.45) is 5.21. The first-order valence-corrected chi connectivity index (χ1v) is 10.7. The maximum absolute atomic E-state index is 11.1. The lowest BCUT2D eigenvalue weighted by atomic mass is 9.92. The molecule has 1 aliphatic heterocycles. The van der Waals surface area contributed by atoms with Crippen LogP contribution in [0.3, 0.4) is 0 Å². The Labute approximate surface area is 198 Å². The summed E-state index contributed by atoms with van der Waals surface area (Å²) in [6.45, 7) is 4.04. The van der Waals surface area contributed by atoms with Crippen LogP contribution in [0.15, 0.2) is 54.6 Å². The van der Waals surface area contributed by atoms with E-state index >= 15 is 0 Å². The first-order valence-electron chi connectivity index (χ1n) is 10.7. The molecule has 1 aliphatic rings. The highest BCUT2D eigenvalue weighted by molar-refractivity contribution is 5.92. The Balaban J connectivity index is 0.000000191. The zero-order valence-corrected chi connectivity index (χ0v) is 19.3. The second-order valence-electron chi connectivity index (χ2n) is 8.50. The quantitative estimate of drug-likeness (QED) is 0.378. The average Bonchev–Trinajstić information content (AvgIpc) is 2.77. The van der Waals surface area contributed by atoms with Crippen molar-refractivity contribution in [3.8, 4) is 28.7 Å². The summed E-state index contributed by atoms with van der Waals surface area (Å²) in [5.41, 5.74) is 2.46. The van der Waals surface area contributed by atoms with Gasteiger partial charge in [0.05, 0.1) is 7.11 Å². The average molecular weight is 465 g/mol. The van der Waals surface area contributed by atoms with E-state index in [0.717, 1.165) is 29.7 Å². The third-order valence-electron chi connectivity index (χ3n) is 5.30. The van der Waals surface area contributed by atoms with E-state index in [0.29, 0.717) is 11.3 Å². The number of hydrogen-bond acceptors (Lipinski definition) is 6. The van der Waals surface area contributed by atoms with Crippen LogP contribution in [0.5, 0.6) is 28.7 Å². The molecule has 7 nitrogen and oxygen atoms in total. The largest absolute Gasteiger partial charge is 0.508 e. The molecular weight excluding hydrogens is 436 g/mol. The highest BCUT2D eigenvalue weighted by Crippen LogP contribution is 2.40. The van der Waals surface area contributed by atoms with Gasteiger partial charge in [-0.25, -0.2) is 4.79 Å². The molecule has 0 spiro atoms. The maximum atomic E-state index is 11.1. The van der Waals surface area contributed by atoms with Gasteiger partial charge in [0, 0.05) is 11.6 Å². The molecule has 0 saturated carbocycles. The van der Waals surface area contributed by atoms with Gasteiger partial charge < -0.3 is 29.9 Å². The molecule has 0 bridgehead atoms. The van der Waals surface area contributed by atoms with Gasteiger partial charge in [-0.3, -0.25) is 0 Å². The number of fused-ring (bicyclic) bond motifs is 1. The maximum Gasteiger partial charge on any atom is 0.339 e. The van der Waals surface area contributed by atoms with Crippen LogP contribution < -0.4 is 9.47 Å². The Bertz CT molecular complexity index is 1170. The second kappa shape index (κ2) is 10.2. The predicted molar refractivity (Wildman–Crippen MR) is 130 cm³/mol. The monoisotopic (exact) mass is 464 g/mol. The summed E-state index contributed by atoms with van der Waals surface area (Å²) in [5, 5.41) is 36.8. The molecule has 3 aromatic carbocycles. The number of ether oxygens (including phenoxy) is 2. The van der Waals surface area contributed by atoms with Gasteiger partial charge in [0.1, 0.15) is 39.9 Å². The second-order valence-corrected chi connectivity index (χ2v) is 8.50. The molecule has 0 atom stereocenters. The van der Waals surface area contributed by atoms with Crippen molar-refractivity contribution in [2.75, 3.05) is 7.11 Å². The molecule has 0 amide bonds. The van der Waals surface area contributed by atoms with Crippen molar-refractivity contribution in [3.05, 3.63) is 76.9 Å². The Morgan fingerprint density at radius 3 is 2.12 bits per heavy atom. The number of carbonyl (C=O) groups is 1. The van der Waals surface area contributed by atoms with Gasteiger partial charge in [-0.15, -0.1) is 0 Å². The third-order valence-corrected chi connectivity index (χ3v) is 5.30. The minimum atomic E-state index is -0.977. The number of phenolic OH excluding ortho intramolecular Hbond substituents is 3. The molecule has 34 heavy (non-hydrogen) atoms. The molecule has 3 aromatic rings. The van der Waals surface area contributed by atoms with Crippen LogP contribution in [-0.4, -0.2) is 39.1 Å². The molecule has 0 radical (unpaired) electrons. The highest BCUT2D eigenvalue weighted by atomic mass is 16.5. The number of benzene rings is 3. The van der Waals surface area contributed by atoms with E-state index in [9.17, 15) is 15.0 Å². The SMILES string of the molecule is COc1c(C(=O)O)ccc2c1CCC(C)(C)O2.Oc1ccc(C=Cc2cc(O)cc(O)c2)cc1. The molecular formula is C27H28O7. The number of hydrogen-bond donors (Lipinski definition) is 4. The lowest BCUT2D eigenvalue weighted by Crippen LogP contribution is -2.32. The summed E-state index contributed by atoms with van der Waals surface area (Å²) in [5.74, 6) is 0.436. The van der Waals surface area contributed by atoms with Crippen LogP contribution in [0.2, 0.25) is 0 Å². The summed E-state index contributed by atoms with van der Waals surface area (Å²) < 4.78 is 11.0. The molecule has 0 aromatic heterocycles. The Kier molecular flexibility index (Phi) is 7.36. The number of aromatic carboxylic acids is 1. The number of carboxylic acids is 1.